The number of aliphatic hydroxyl groups is 1. The summed E-state index contributed by atoms with van der Waals surface area (Å²) < 4.78 is 0. The third-order valence-corrected chi connectivity index (χ3v) is 2.80. The van der Waals surface area contributed by atoms with Crippen LogP contribution in [0.2, 0.25) is 0 Å². The zero-order valence-electron chi connectivity index (χ0n) is 12.2. The maximum Gasteiger partial charge on any atom is 0.0650 e. The minimum Gasteiger partial charge on any atom is -0.392 e. The zero-order valence-corrected chi connectivity index (χ0v) is 12.2. The SMILES string of the molecule is CCCCCC(O)CC#CN(C(C)C)C(C)C. The maximum atomic E-state index is 9.74. The summed E-state index contributed by atoms with van der Waals surface area (Å²) in [5.41, 5.74) is 0. The van der Waals surface area contributed by atoms with Crippen molar-refractivity contribution in [3.8, 4) is 12.0 Å². The first-order chi connectivity index (χ1) is 7.99. The number of unbranched alkanes of at least 4 members (excludes halogenated alkanes) is 2. The molecule has 0 aromatic rings. The summed E-state index contributed by atoms with van der Waals surface area (Å²) in [5, 5.41) is 9.74. The fourth-order valence-corrected chi connectivity index (χ4v) is 1.84. The van der Waals surface area contributed by atoms with Crippen LogP contribution < -0.4 is 0 Å². The van der Waals surface area contributed by atoms with Crippen LogP contribution in [0.4, 0.5) is 0 Å². The number of hydrogen-bond donors (Lipinski definition) is 1. The topological polar surface area (TPSA) is 23.5 Å². The molecule has 0 heterocycles. The van der Waals surface area contributed by atoms with Crippen molar-refractivity contribution in [2.24, 2.45) is 0 Å². The molecule has 17 heavy (non-hydrogen) atoms. The molecule has 0 aliphatic rings. The van der Waals surface area contributed by atoms with Gasteiger partial charge in [0.15, 0.2) is 0 Å². The van der Waals surface area contributed by atoms with Crippen LogP contribution in [-0.2, 0) is 0 Å². The van der Waals surface area contributed by atoms with Gasteiger partial charge in [-0.2, -0.15) is 0 Å². The van der Waals surface area contributed by atoms with Gasteiger partial charge < -0.3 is 10.0 Å². The van der Waals surface area contributed by atoms with E-state index in [9.17, 15) is 5.11 Å². The predicted octanol–water partition coefficient (Wildman–Crippen LogP) is 3.40. The molecule has 0 bridgehead atoms. The minimum atomic E-state index is -0.254. The second kappa shape index (κ2) is 9.36. The van der Waals surface area contributed by atoms with Gasteiger partial charge in [0.1, 0.15) is 0 Å². The Balaban J connectivity index is 3.99. The van der Waals surface area contributed by atoms with Crippen LogP contribution in [0, 0.1) is 12.0 Å². The summed E-state index contributed by atoms with van der Waals surface area (Å²) in [7, 11) is 0. The Hall–Kier alpha value is -0.680. The molecule has 0 spiro atoms. The molecule has 0 amide bonds. The highest BCUT2D eigenvalue weighted by molar-refractivity contribution is 5.02. The van der Waals surface area contributed by atoms with Crippen LogP contribution in [-0.4, -0.2) is 28.2 Å². The molecule has 100 valence electrons. The van der Waals surface area contributed by atoms with E-state index in [4.69, 9.17) is 0 Å². The van der Waals surface area contributed by atoms with E-state index in [1.165, 1.54) is 12.8 Å². The van der Waals surface area contributed by atoms with Gasteiger partial charge in [0, 0.05) is 24.5 Å². The summed E-state index contributed by atoms with van der Waals surface area (Å²) in [5.74, 6) is 3.10. The summed E-state index contributed by atoms with van der Waals surface area (Å²) in [4.78, 5) is 2.14. The number of aliphatic hydroxyl groups excluding tert-OH is 1. The molecule has 0 aromatic heterocycles. The van der Waals surface area contributed by atoms with Gasteiger partial charge in [-0.25, -0.2) is 0 Å². The highest BCUT2D eigenvalue weighted by Gasteiger charge is 2.08. The summed E-state index contributed by atoms with van der Waals surface area (Å²) in [6.45, 7) is 10.8. The third kappa shape index (κ3) is 8.10. The van der Waals surface area contributed by atoms with Crippen LogP contribution >= 0.6 is 0 Å². The van der Waals surface area contributed by atoms with E-state index in [-0.39, 0.29) is 6.10 Å². The number of rotatable bonds is 7. The number of hydrogen-bond acceptors (Lipinski definition) is 2. The van der Waals surface area contributed by atoms with Gasteiger partial charge in [-0.05, 0) is 34.1 Å². The first-order valence-corrected chi connectivity index (χ1v) is 6.93. The smallest absolute Gasteiger partial charge is 0.0650 e. The first-order valence-electron chi connectivity index (χ1n) is 6.93. The lowest BCUT2D eigenvalue weighted by Crippen LogP contribution is -2.32. The van der Waals surface area contributed by atoms with Crippen LogP contribution in [0.5, 0.6) is 0 Å². The van der Waals surface area contributed by atoms with Crippen LogP contribution in [0.15, 0.2) is 0 Å². The standard InChI is InChI=1S/C15H29NO/c1-6-7-8-10-15(17)11-9-12-16(13(2)3)14(4)5/h13-15,17H,6-8,10-11H2,1-5H3. The molecular formula is C15H29NO. The van der Waals surface area contributed by atoms with Crippen LogP contribution in [0.25, 0.3) is 0 Å². The van der Waals surface area contributed by atoms with Crippen molar-refractivity contribution < 1.29 is 5.11 Å². The molecule has 0 saturated carbocycles. The van der Waals surface area contributed by atoms with Crippen molar-refractivity contribution in [1.29, 1.82) is 0 Å². The second-order valence-corrected chi connectivity index (χ2v) is 5.24. The predicted molar refractivity (Wildman–Crippen MR) is 74.7 cm³/mol. The lowest BCUT2D eigenvalue weighted by atomic mass is 10.1. The normalized spacial score (nSPS) is 12.5. The van der Waals surface area contributed by atoms with Gasteiger partial charge in [-0.1, -0.05) is 32.1 Å². The Morgan fingerprint density at radius 3 is 2.12 bits per heavy atom. The Morgan fingerprint density at radius 1 is 1.06 bits per heavy atom. The summed E-state index contributed by atoms with van der Waals surface area (Å²) in [6, 6.07) is 4.02. The van der Waals surface area contributed by atoms with E-state index in [1.54, 1.807) is 0 Å². The van der Waals surface area contributed by atoms with Crippen LogP contribution in [0.3, 0.4) is 0 Å². The van der Waals surface area contributed by atoms with Crippen molar-refractivity contribution in [3.63, 3.8) is 0 Å². The van der Waals surface area contributed by atoms with Gasteiger partial charge in [0.2, 0.25) is 0 Å². The van der Waals surface area contributed by atoms with Crippen molar-refractivity contribution in [2.45, 2.75) is 84.9 Å². The van der Waals surface area contributed by atoms with Gasteiger partial charge >= 0.3 is 0 Å². The van der Waals surface area contributed by atoms with E-state index in [0.29, 0.717) is 18.5 Å². The van der Waals surface area contributed by atoms with Crippen molar-refractivity contribution >= 4 is 0 Å². The van der Waals surface area contributed by atoms with Gasteiger partial charge in [0.05, 0.1) is 6.10 Å². The van der Waals surface area contributed by atoms with Gasteiger partial charge in [0.25, 0.3) is 0 Å². The lowest BCUT2D eigenvalue weighted by molar-refractivity contribution is 0.166. The molecule has 2 nitrogen and oxygen atoms in total. The Morgan fingerprint density at radius 2 is 1.65 bits per heavy atom. The first kappa shape index (κ1) is 16.3. The van der Waals surface area contributed by atoms with E-state index < -0.39 is 0 Å². The maximum absolute atomic E-state index is 9.74. The molecule has 0 aliphatic heterocycles. The van der Waals surface area contributed by atoms with Crippen molar-refractivity contribution in [3.05, 3.63) is 0 Å². The monoisotopic (exact) mass is 239 g/mol. The molecule has 0 radical (unpaired) electrons. The second-order valence-electron chi connectivity index (χ2n) is 5.24. The molecule has 1 unspecified atom stereocenters. The fraction of sp³-hybridized carbons (Fsp3) is 0.867. The van der Waals surface area contributed by atoms with E-state index >= 15 is 0 Å². The van der Waals surface area contributed by atoms with E-state index in [0.717, 1.165) is 12.8 Å². The quantitative estimate of drug-likeness (QED) is 0.418. The molecule has 0 aliphatic carbocycles. The lowest BCUT2D eigenvalue weighted by Gasteiger charge is -2.26. The zero-order chi connectivity index (χ0) is 13.3. The molecule has 0 aromatic carbocycles. The molecule has 1 N–H and O–H groups in total. The largest absolute Gasteiger partial charge is 0.392 e. The van der Waals surface area contributed by atoms with E-state index in [2.05, 4.69) is 51.5 Å². The molecular weight excluding hydrogens is 210 g/mol. The van der Waals surface area contributed by atoms with E-state index in [1.807, 2.05) is 0 Å². The third-order valence-electron chi connectivity index (χ3n) is 2.80. The summed E-state index contributed by atoms with van der Waals surface area (Å²) in [6.07, 6.45) is 4.74. The number of nitrogens with zero attached hydrogens (tertiary/aromatic N) is 1. The molecule has 0 saturated heterocycles. The molecule has 0 fully saturated rings. The van der Waals surface area contributed by atoms with Gasteiger partial charge in [-0.3, -0.25) is 0 Å². The Bertz CT molecular complexity index is 229. The average Bonchev–Trinajstić information content (AvgIpc) is 2.23. The summed E-state index contributed by atoms with van der Waals surface area (Å²) >= 11 is 0. The highest BCUT2D eigenvalue weighted by Crippen LogP contribution is 2.06. The van der Waals surface area contributed by atoms with Gasteiger partial charge in [-0.15, -0.1) is 0 Å². The minimum absolute atomic E-state index is 0.254. The fourth-order valence-electron chi connectivity index (χ4n) is 1.84. The van der Waals surface area contributed by atoms with Crippen molar-refractivity contribution in [1.82, 2.24) is 4.90 Å². The average molecular weight is 239 g/mol. The van der Waals surface area contributed by atoms with Crippen molar-refractivity contribution in [2.75, 3.05) is 0 Å². The molecule has 2 heteroatoms. The Kier molecular flexibility index (Phi) is 8.99. The highest BCUT2D eigenvalue weighted by atomic mass is 16.3. The molecule has 1 atom stereocenters. The Labute approximate surface area is 107 Å². The van der Waals surface area contributed by atoms with Crippen LogP contribution in [0.1, 0.15) is 66.7 Å². The molecule has 0 rings (SSSR count).